The first-order valence-electron chi connectivity index (χ1n) is 8.13. The maximum Gasteiger partial charge on any atom is 0.274 e. The molecule has 6 nitrogen and oxygen atoms in total. The Balaban J connectivity index is 1.43. The fraction of sp³-hybridized carbons (Fsp3) is 0.353. The van der Waals surface area contributed by atoms with Crippen molar-refractivity contribution in [2.45, 2.75) is 13.0 Å². The van der Waals surface area contributed by atoms with E-state index in [4.69, 9.17) is 0 Å². The minimum atomic E-state index is -0.00141. The number of imidazole rings is 1. The highest BCUT2D eigenvalue weighted by Crippen LogP contribution is 2.15. The molecule has 0 radical (unpaired) electrons. The number of hydrogen-bond donors (Lipinski definition) is 0. The van der Waals surface area contributed by atoms with Gasteiger partial charge in [0.15, 0.2) is 0 Å². The van der Waals surface area contributed by atoms with Gasteiger partial charge < -0.3 is 4.90 Å². The van der Waals surface area contributed by atoms with Gasteiger partial charge in [-0.25, -0.2) is 9.97 Å². The number of amides is 1. The van der Waals surface area contributed by atoms with Crippen molar-refractivity contribution in [3.8, 4) is 0 Å². The van der Waals surface area contributed by atoms with E-state index in [9.17, 15) is 4.79 Å². The van der Waals surface area contributed by atoms with Crippen molar-refractivity contribution in [3.63, 3.8) is 0 Å². The van der Waals surface area contributed by atoms with Crippen molar-refractivity contribution in [2.24, 2.45) is 0 Å². The Bertz CT molecular complexity index is 796. The lowest BCUT2D eigenvalue weighted by molar-refractivity contribution is 0.0756. The number of rotatable bonds is 3. The zero-order chi connectivity index (χ0) is 16.4. The van der Waals surface area contributed by atoms with E-state index in [0.717, 1.165) is 39.1 Å². The van der Waals surface area contributed by atoms with E-state index < -0.39 is 0 Å². The van der Waals surface area contributed by atoms with Crippen LogP contribution in [-0.4, -0.2) is 56.3 Å². The first-order chi connectivity index (χ1) is 11.8. The van der Waals surface area contributed by atoms with Gasteiger partial charge in [-0.15, -0.1) is 11.3 Å². The summed E-state index contributed by atoms with van der Waals surface area (Å²) < 4.78 is 1.79. The molecule has 0 bridgehead atoms. The zero-order valence-corrected chi connectivity index (χ0v) is 14.2. The second-order valence-corrected chi connectivity index (χ2v) is 6.99. The van der Waals surface area contributed by atoms with Crippen molar-refractivity contribution >= 4 is 23.0 Å². The molecule has 0 unspecified atom stereocenters. The molecular weight excluding hydrogens is 322 g/mol. The van der Waals surface area contributed by atoms with Crippen LogP contribution in [-0.2, 0) is 6.54 Å². The van der Waals surface area contributed by atoms with Gasteiger partial charge >= 0.3 is 0 Å². The normalized spacial score (nSPS) is 16.4. The van der Waals surface area contributed by atoms with Crippen molar-refractivity contribution < 1.29 is 4.79 Å². The Labute approximate surface area is 144 Å². The number of aromatic nitrogens is 3. The number of hydrogen-bond acceptors (Lipinski definition) is 5. The van der Waals surface area contributed by atoms with Gasteiger partial charge in [0.05, 0.1) is 0 Å². The quantitative estimate of drug-likeness (QED) is 0.732. The number of nitrogens with zero attached hydrogens (tertiary/aromatic N) is 5. The van der Waals surface area contributed by atoms with Crippen molar-refractivity contribution in [1.29, 1.82) is 0 Å². The SMILES string of the molecule is O=C(c1cn2cccnc2n1)N1CCCN(Cc2cccs2)CC1. The molecule has 7 heteroatoms. The molecular formula is C17H19N5OS. The van der Waals surface area contributed by atoms with Crippen LogP contribution in [0.3, 0.4) is 0 Å². The highest BCUT2D eigenvalue weighted by atomic mass is 32.1. The first kappa shape index (κ1) is 15.3. The van der Waals surface area contributed by atoms with Crippen LogP contribution in [0.15, 0.2) is 42.2 Å². The van der Waals surface area contributed by atoms with Crippen LogP contribution in [0.2, 0.25) is 0 Å². The number of carbonyl (C=O) groups excluding carboxylic acids is 1. The summed E-state index contributed by atoms with van der Waals surface area (Å²) in [5.41, 5.74) is 0.473. The van der Waals surface area contributed by atoms with Crippen molar-refractivity contribution in [1.82, 2.24) is 24.2 Å². The van der Waals surface area contributed by atoms with E-state index in [2.05, 4.69) is 32.4 Å². The van der Waals surface area contributed by atoms with Gasteiger partial charge in [0, 0.05) is 56.2 Å². The summed E-state index contributed by atoms with van der Waals surface area (Å²) in [5, 5.41) is 2.11. The topological polar surface area (TPSA) is 53.7 Å². The highest BCUT2D eigenvalue weighted by molar-refractivity contribution is 7.09. The Hall–Kier alpha value is -2.25. The molecule has 24 heavy (non-hydrogen) atoms. The van der Waals surface area contributed by atoms with Crippen LogP contribution < -0.4 is 0 Å². The van der Waals surface area contributed by atoms with E-state index in [1.807, 2.05) is 17.2 Å². The summed E-state index contributed by atoms with van der Waals surface area (Å²) in [6.07, 6.45) is 6.30. The van der Waals surface area contributed by atoms with E-state index in [0.29, 0.717) is 11.5 Å². The lowest BCUT2D eigenvalue weighted by Gasteiger charge is -2.21. The van der Waals surface area contributed by atoms with Gasteiger partial charge in [-0.05, 0) is 23.9 Å². The van der Waals surface area contributed by atoms with Crippen LogP contribution >= 0.6 is 11.3 Å². The summed E-state index contributed by atoms with van der Waals surface area (Å²) in [6, 6.07) is 6.09. The molecule has 4 rings (SSSR count). The molecule has 0 aliphatic carbocycles. The minimum Gasteiger partial charge on any atom is -0.336 e. The fourth-order valence-electron chi connectivity index (χ4n) is 3.05. The molecule has 124 valence electrons. The molecule has 4 heterocycles. The standard InChI is InChI=1S/C17H19N5OS/c23-16(15-13-22-7-2-5-18-17(22)19-15)21-8-3-6-20(9-10-21)12-14-4-1-11-24-14/h1-2,4-5,7,11,13H,3,6,8-10,12H2. The molecule has 1 saturated heterocycles. The smallest absolute Gasteiger partial charge is 0.274 e. The maximum atomic E-state index is 12.8. The number of fused-ring (bicyclic) bond motifs is 1. The summed E-state index contributed by atoms with van der Waals surface area (Å²) >= 11 is 1.79. The summed E-state index contributed by atoms with van der Waals surface area (Å²) in [5.74, 6) is 0.563. The molecule has 0 N–H and O–H groups in total. The van der Waals surface area contributed by atoms with Crippen LogP contribution in [0.5, 0.6) is 0 Å². The third kappa shape index (κ3) is 3.18. The van der Waals surface area contributed by atoms with E-state index in [-0.39, 0.29) is 5.91 Å². The molecule has 0 atom stereocenters. The van der Waals surface area contributed by atoms with Gasteiger partial charge in [-0.3, -0.25) is 14.1 Å². The van der Waals surface area contributed by atoms with Gasteiger partial charge in [-0.1, -0.05) is 6.07 Å². The van der Waals surface area contributed by atoms with E-state index in [1.165, 1.54) is 4.88 Å². The van der Waals surface area contributed by atoms with Crippen LogP contribution in [0.25, 0.3) is 5.78 Å². The Morgan fingerprint density at radius 2 is 2.17 bits per heavy atom. The highest BCUT2D eigenvalue weighted by Gasteiger charge is 2.22. The maximum absolute atomic E-state index is 12.8. The second-order valence-electron chi connectivity index (χ2n) is 5.95. The van der Waals surface area contributed by atoms with Crippen LogP contribution in [0.1, 0.15) is 21.8 Å². The number of thiophene rings is 1. The van der Waals surface area contributed by atoms with Crippen LogP contribution in [0, 0.1) is 0 Å². The van der Waals surface area contributed by atoms with Crippen LogP contribution in [0.4, 0.5) is 0 Å². The average Bonchev–Trinajstić information content (AvgIpc) is 3.20. The molecule has 3 aromatic rings. The predicted octanol–water partition coefficient (Wildman–Crippen LogP) is 2.14. The van der Waals surface area contributed by atoms with Crippen molar-refractivity contribution in [2.75, 3.05) is 26.2 Å². The molecule has 0 saturated carbocycles. The molecule has 0 aromatic carbocycles. The summed E-state index contributed by atoms with van der Waals surface area (Å²) in [7, 11) is 0. The van der Waals surface area contributed by atoms with Crippen molar-refractivity contribution in [3.05, 3.63) is 52.7 Å². The molecule has 0 spiro atoms. The lowest BCUT2D eigenvalue weighted by atomic mass is 10.3. The molecule has 1 aliphatic rings. The minimum absolute atomic E-state index is 0.00141. The molecule has 1 amide bonds. The monoisotopic (exact) mass is 341 g/mol. The predicted molar refractivity (Wildman–Crippen MR) is 93.1 cm³/mol. The average molecular weight is 341 g/mol. The first-order valence-corrected chi connectivity index (χ1v) is 9.01. The third-order valence-corrected chi connectivity index (χ3v) is 5.15. The van der Waals surface area contributed by atoms with Gasteiger partial charge in [0.1, 0.15) is 5.69 Å². The summed E-state index contributed by atoms with van der Waals surface area (Å²) in [6.45, 7) is 4.41. The third-order valence-electron chi connectivity index (χ3n) is 4.29. The molecule has 3 aromatic heterocycles. The molecule has 1 aliphatic heterocycles. The zero-order valence-electron chi connectivity index (χ0n) is 13.3. The van der Waals surface area contributed by atoms with E-state index in [1.54, 1.807) is 28.1 Å². The Morgan fingerprint density at radius 1 is 1.21 bits per heavy atom. The Morgan fingerprint density at radius 3 is 3.00 bits per heavy atom. The van der Waals surface area contributed by atoms with Gasteiger partial charge in [0.25, 0.3) is 5.91 Å². The number of carbonyl (C=O) groups is 1. The van der Waals surface area contributed by atoms with E-state index >= 15 is 0 Å². The Kier molecular flexibility index (Phi) is 4.27. The van der Waals surface area contributed by atoms with Gasteiger partial charge in [-0.2, -0.15) is 0 Å². The fourth-order valence-corrected chi connectivity index (χ4v) is 3.80. The second kappa shape index (κ2) is 6.70. The lowest BCUT2D eigenvalue weighted by Crippen LogP contribution is -2.35. The summed E-state index contributed by atoms with van der Waals surface area (Å²) in [4.78, 5) is 27.0. The molecule has 1 fully saturated rings. The largest absolute Gasteiger partial charge is 0.336 e. The van der Waals surface area contributed by atoms with Gasteiger partial charge in [0.2, 0.25) is 5.78 Å².